The lowest BCUT2D eigenvalue weighted by atomic mass is 10.1. The molecule has 3 aromatic rings. The van der Waals surface area contributed by atoms with E-state index >= 15 is 0 Å². The number of hydrogen-bond acceptors (Lipinski definition) is 5. The van der Waals surface area contributed by atoms with Gasteiger partial charge in [0.05, 0.1) is 17.9 Å². The van der Waals surface area contributed by atoms with E-state index in [2.05, 4.69) is 36.8 Å². The average Bonchev–Trinajstić information content (AvgIpc) is 3.15. The number of anilines is 1. The lowest BCUT2D eigenvalue weighted by Gasteiger charge is -2.12. The zero-order valence-corrected chi connectivity index (χ0v) is 20.3. The Balaban J connectivity index is 1.61. The summed E-state index contributed by atoms with van der Waals surface area (Å²) in [5, 5.41) is 14.5. The summed E-state index contributed by atoms with van der Waals surface area (Å²) in [4.78, 5) is 24.7. The molecule has 0 spiro atoms. The molecule has 1 heterocycles. The zero-order valence-electron chi connectivity index (χ0n) is 17.9. The largest absolute Gasteiger partial charge is 0.345 e. The van der Waals surface area contributed by atoms with Crippen LogP contribution in [-0.4, -0.2) is 32.3 Å². The van der Waals surface area contributed by atoms with E-state index in [4.69, 9.17) is 0 Å². The van der Waals surface area contributed by atoms with Crippen molar-refractivity contribution in [2.45, 2.75) is 39.0 Å². The summed E-state index contributed by atoms with van der Waals surface area (Å²) in [5.74, 6) is -0.569. The van der Waals surface area contributed by atoms with Gasteiger partial charge in [-0.15, -0.1) is 10.2 Å². The van der Waals surface area contributed by atoms with E-state index in [1.165, 1.54) is 30.0 Å². The summed E-state index contributed by atoms with van der Waals surface area (Å²) in [5.41, 5.74) is 2.71. The molecule has 168 valence electrons. The molecule has 7 nitrogen and oxygen atoms in total. The predicted octanol–water partition coefficient (Wildman–Crippen LogP) is 4.48. The van der Waals surface area contributed by atoms with Crippen molar-refractivity contribution in [1.29, 1.82) is 0 Å². The van der Waals surface area contributed by atoms with Crippen LogP contribution in [0.5, 0.6) is 0 Å². The fourth-order valence-electron chi connectivity index (χ4n) is 3.19. The van der Waals surface area contributed by atoms with Crippen molar-refractivity contribution < 1.29 is 14.0 Å². The quantitative estimate of drug-likeness (QED) is 0.428. The molecule has 3 rings (SSSR count). The van der Waals surface area contributed by atoms with E-state index in [1.807, 2.05) is 37.5 Å². The summed E-state index contributed by atoms with van der Waals surface area (Å²) in [6.45, 7) is 6.46. The number of aromatic nitrogens is 3. The minimum atomic E-state index is -0.583. The molecule has 2 amide bonds. The summed E-state index contributed by atoms with van der Waals surface area (Å²) < 4.78 is 16.6. The van der Waals surface area contributed by atoms with E-state index in [-0.39, 0.29) is 23.8 Å². The van der Waals surface area contributed by atoms with Crippen LogP contribution in [0.15, 0.2) is 46.0 Å². The highest BCUT2D eigenvalue weighted by Gasteiger charge is 2.16. The van der Waals surface area contributed by atoms with Gasteiger partial charge >= 0.3 is 0 Å². The van der Waals surface area contributed by atoms with Crippen LogP contribution in [0.1, 0.15) is 34.2 Å². The monoisotopic (exact) mass is 519 g/mol. The highest BCUT2D eigenvalue weighted by atomic mass is 79.9. The Bertz CT molecular complexity index is 1130. The molecule has 0 aliphatic rings. The SMILES string of the molecule is CCn1c(CNC(=O)c2ccccc2F)nnc1SCC(=O)Nc1c(C)cc(Br)cc1C. The molecule has 0 aliphatic carbocycles. The van der Waals surface area contributed by atoms with Crippen molar-refractivity contribution in [3.05, 3.63) is 69.2 Å². The molecule has 0 radical (unpaired) electrons. The zero-order chi connectivity index (χ0) is 23.3. The van der Waals surface area contributed by atoms with Crippen molar-refractivity contribution in [3.63, 3.8) is 0 Å². The lowest BCUT2D eigenvalue weighted by Crippen LogP contribution is -2.25. The highest BCUT2D eigenvalue weighted by molar-refractivity contribution is 9.10. The number of carbonyl (C=O) groups is 2. The Morgan fingerprint density at radius 2 is 1.84 bits per heavy atom. The number of nitrogens with one attached hydrogen (secondary N) is 2. The van der Waals surface area contributed by atoms with Gasteiger partial charge in [0.1, 0.15) is 5.82 Å². The summed E-state index contributed by atoms with van der Waals surface area (Å²) in [6, 6.07) is 9.68. The first kappa shape index (κ1) is 23.9. The number of rotatable bonds is 8. The molecule has 1 aromatic heterocycles. The number of hydrogen-bond donors (Lipinski definition) is 2. The Morgan fingerprint density at radius 3 is 2.50 bits per heavy atom. The molecule has 0 bridgehead atoms. The standard InChI is InChI=1S/C22H23BrFN5O2S/c1-4-29-18(11-25-21(31)16-7-5-6-8-17(16)24)27-28-22(29)32-12-19(30)26-20-13(2)9-15(23)10-14(20)3/h5-10H,4,11-12H2,1-3H3,(H,25,31)(H,26,30). The van der Waals surface area contributed by atoms with Gasteiger partial charge in [0, 0.05) is 16.7 Å². The first-order valence-corrected chi connectivity index (χ1v) is 11.7. The van der Waals surface area contributed by atoms with Gasteiger partial charge in [0.15, 0.2) is 11.0 Å². The van der Waals surface area contributed by atoms with Crippen LogP contribution >= 0.6 is 27.7 Å². The van der Waals surface area contributed by atoms with Crippen molar-refractivity contribution >= 4 is 45.2 Å². The smallest absolute Gasteiger partial charge is 0.254 e. The van der Waals surface area contributed by atoms with Gasteiger partial charge < -0.3 is 15.2 Å². The van der Waals surface area contributed by atoms with E-state index in [0.717, 1.165) is 21.3 Å². The molecule has 0 unspecified atom stereocenters. The predicted molar refractivity (Wildman–Crippen MR) is 126 cm³/mol. The minimum absolute atomic E-state index is 0.0279. The van der Waals surface area contributed by atoms with Crippen molar-refractivity contribution in [1.82, 2.24) is 20.1 Å². The third-order valence-electron chi connectivity index (χ3n) is 4.73. The fraction of sp³-hybridized carbons (Fsp3) is 0.273. The van der Waals surface area contributed by atoms with E-state index in [9.17, 15) is 14.0 Å². The lowest BCUT2D eigenvalue weighted by molar-refractivity contribution is -0.113. The van der Waals surface area contributed by atoms with Crippen LogP contribution in [0, 0.1) is 19.7 Å². The molecular weight excluding hydrogens is 497 g/mol. The maximum absolute atomic E-state index is 13.8. The molecule has 10 heteroatoms. The topological polar surface area (TPSA) is 88.9 Å². The van der Waals surface area contributed by atoms with Crippen LogP contribution in [-0.2, 0) is 17.9 Å². The second kappa shape index (κ2) is 10.7. The van der Waals surface area contributed by atoms with Gasteiger partial charge in [-0.3, -0.25) is 9.59 Å². The Labute approximate surface area is 198 Å². The van der Waals surface area contributed by atoms with E-state index in [0.29, 0.717) is 17.5 Å². The van der Waals surface area contributed by atoms with Gasteiger partial charge in [0.2, 0.25) is 5.91 Å². The summed E-state index contributed by atoms with van der Waals surface area (Å²) in [6.07, 6.45) is 0. The van der Waals surface area contributed by atoms with Gasteiger partial charge in [0.25, 0.3) is 5.91 Å². The third-order valence-corrected chi connectivity index (χ3v) is 6.15. The number of amides is 2. The molecule has 2 aromatic carbocycles. The van der Waals surface area contributed by atoms with Crippen LogP contribution in [0.4, 0.5) is 10.1 Å². The second-order valence-corrected chi connectivity index (χ2v) is 8.92. The average molecular weight is 520 g/mol. The maximum atomic E-state index is 13.8. The molecule has 0 aliphatic heterocycles. The molecule has 0 fully saturated rings. The first-order valence-electron chi connectivity index (χ1n) is 9.94. The normalized spacial score (nSPS) is 10.8. The number of benzene rings is 2. The van der Waals surface area contributed by atoms with Gasteiger partial charge in [-0.1, -0.05) is 39.8 Å². The van der Waals surface area contributed by atoms with Crippen molar-refractivity contribution in [2.75, 3.05) is 11.1 Å². The van der Waals surface area contributed by atoms with Crippen LogP contribution in [0.3, 0.4) is 0 Å². The summed E-state index contributed by atoms with van der Waals surface area (Å²) in [7, 11) is 0. The minimum Gasteiger partial charge on any atom is -0.345 e. The second-order valence-electron chi connectivity index (χ2n) is 7.06. The molecule has 0 atom stereocenters. The van der Waals surface area contributed by atoms with Gasteiger partial charge in [-0.05, 0) is 56.2 Å². The number of thioether (sulfide) groups is 1. The van der Waals surface area contributed by atoms with Crippen LogP contribution in [0.25, 0.3) is 0 Å². The molecule has 0 saturated heterocycles. The van der Waals surface area contributed by atoms with Crippen LogP contribution < -0.4 is 10.6 Å². The van der Waals surface area contributed by atoms with Crippen molar-refractivity contribution in [2.24, 2.45) is 0 Å². The number of nitrogens with zero attached hydrogens (tertiary/aromatic N) is 3. The molecule has 0 saturated carbocycles. The summed E-state index contributed by atoms with van der Waals surface area (Å²) >= 11 is 4.71. The van der Waals surface area contributed by atoms with Crippen LogP contribution in [0.2, 0.25) is 0 Å². The van der Waals surface area contributed by atoms with Gasteiger partial charge in [-0.25, -0.2) is 4.39 Å². The maximum Gasteiger partial charge on any atom is 0.254 e. The number of carbonyl (C=O) groups excluding carboxylic acids is 2. The van der Waals surface area contributed by atoms with Crippen molar-refractivity contribution in [3.8, 4) is 0 Å². The molecular formula is C22H23BrFN5O2S. The number of aryl methyl sites for hydroxylation is 2. The van der Waals surface area contributed by atoms with Gasteiger partial charge in [-0.2, -0.15) is 0 Å². The van der Waals surface area contributed by atoms with E-state index < -0.39 is 11.7 Å². The Kier molecular flexibility index (Phi) is 8.03. The first-order chi connectivity index (χ1) is 15.3. The Hall–Kier alpha value is -2.72. The highest BCUT2D eigenvalue weighted by Crippen LogP contribution is 2.26. The molecule has 32 heavy (non-hydrogen) atoms. The number of halogens is 2. The fourth-order valence-corrected chi connectivity index (χ4v) is 4.70. The molecule has 2 N–H and O–H groups in total. The van der Waals surface area contributed by atoms with E-state index in [1.54, 1.807) is 6.07 Å². The third kappa shape index (κ3) is 5.74. The Morgan fingerprint density at radius 1 is 1.16 bits per heavy atom.